The van der Waals surface area contributed by atoms with Crippen LogP contribution in [-0.2, 0) is 9.53 Å². The van der Waals surface area contributed by atoms with Crippen LogP contribution in [0.4, 0.5) is 0 Å². The Morgan fingerprint density at radius 2 is 1.59 bits per heavy atom. The first-order chi connectivity index (χ1) is 15.5. The van der Waals surface area contributed by atoms with Gasteiger partial charge < -0.3 is 33.2 Å². The zero-order valence-corrected chi connectivity index (χ0v) is 18.1. The van der Waals surface area contributed by atoms with Crippen LogP contribution in [0.15, 0.2) is 24.3 Å². The van der Waals surface area contributed by atoms with E-state index in [1.807, 2.05) is 0 Å². The number of fused-ring (bicyclic) bond motifs is 1. The first-order valence-corrected chi connectivity index (χ1v) is 9.44. The van der Waals surface area contributed by atoms with Crippen molar-refractivity contribution in [3.8, 4) is 46.3 Å². The number of carbonyl (C=O) groups excluding carboxylic acids is 2. The highest BCUT2D eigenvalue weighted by atomic mass is 16.7. The fourth-order valence-corrected chi connectivity index (χ4v) is 2.97. The summed E-state index contributed by atoms with van der Waals surface area (Å²) in [5.41, 5.74) is 0.737. The van der Waals surface area contributed by atoms with Crippen LogP contribution >= 0.6 is 0 Å². The topological polar surface area (TPSA) is 98.8 Å². The normalized spacial score (nSPS) is 11.2. The predicted molar refractivity (Wildman–Crippen MR) is 112 cm³/mol. The third-order valence-corrected chi connectivity index (χ3v) is 4.48. The second-order valence-corrected chi connectivity index (χ2v) is 6.37. The molecule has 0 saturated carbocycles. The van der Waals surface area contributed by atoms with Crippen LogP contribution in [0.3, 0.4) is 0 Å². The van der Waals surface area contributed by atoms with E-state index in [9.17, 15) is 9.59 Å². The summed E-state index contributed by atoms with van der Waals surface area (Å²) in [6.07, 6.45) is 0. The summed E-state index contributed by atoms with van der Waals surface area (Å²) in [7, 11) is 5.81. The van der Waals surface area contributed by atoms with Gasteiger partial charge in [-0.1, -0.05) is 11.8 Å². The van der Waals surface area contributed by atoms with Gasteiger partial charge in [0.2, 0.25) is 29.9 Å². The zero-order chi connectivity index (χ0) is 23.1. The van der Waals surface area contributed by atoms with E-state index in [1.165, 1.54) is 40.6 Å². The van der Waals surface area contributed by atoms with E-state index < -0.39 is 18.2 Å². The molecule has 1 aliphatic rings. The first kappa shape index (κ1) is 22.8. The molecule has 2 aromatic rings. The molecule has 9 heteroatoms. The molecule has 0 saturated heterocycles. The van der Waals surface area contributed by atoms with Gasteiger partial charge in [0.05, 0.1) is 28.4 Å². The van der Waals surface area contributed by atoms with Gasteiger partial charge in [-0.2, -0.15) is 0 Å². The van der Waals surface area contributed by atoms with E-state index in [0.29, 0.717) is 28.6 Å². The molecule has 2 aromatic carbocycles. The second-order valence-electron chi connectivity index (χ2n) is 6.37. The molecule has 0 aromatic heterocycles. The number of hydrogen-bond acceptors (Lipinski definition) is 9. The van der Waals surface area contributed by atoms with Crippen molar-refractivity contribution in [3.63, 3.8) is 0 Å². The molecule has 168 valence electrons. The van der Waals surface area contributed by atoms with Gasteiger partial charge in [0, 0.05) is 17.2 Å². The van der Waals surface area contributed by atoms with Gasteiger partial charge in [0.25, 0.3) is 0 Å². The lowest BCUT2D eigenvalue weighted by Gasteiger charge is -2.13. The van der Waals surface area contributed by atoms with Crippen molar-refractivity contribution < 1.29 is 42.7 Å². The van der Waals surface area contributed by atoms with Gasteiger partial charge in [-0.15, -0.1) is 0 Å². The Hall–Kier alpha value is -3.90. The number of hydrogen-bond donors (Lipinski definition) is 0. The van der Waals surface area contributed by atoms with Crippen molar-refractivity contribution in [1.82, 2.24) is 0 Å². The highest BCUT2D eigenvalue weighted by Crippen LogP contribution is 2.41. The van der Waals surface area contributed by atoms with Crippen LogP contribution in [0.2, 0.25) is 0 Å². The summed E-state index contributed by atoms with van der Waals surface area (Å²) in [5, 5.41) is 0. The summed E-state index contributed by atoms with van der Waals surface area (Å²) in [6.45, 7) is -0.354. The molecular formula is C23H22O9. The summed E-state index contributed by atoms with van der Waals surface area (Å²) in [4.78, 5) is 24.7. The zero-order valence-electron chi connectivity index (χ0n) is 18.1. The Morgan fingerprint density at radius 1 is 0.906 bits per heavy atom. The van der Waals surface area contributed by atoms with Crippen molar-refractivity contribution in [1.29, 1.82) is 0 Å². The second kappa shape index (κ2) is 10.4. The van der Waals surface area contributed by atoms with Crippen LogP contribution in [0.25, 0.3) is 0 Å². The summed E-state index contributed by atoms with van der Waals surface area (Å²) in [6, 6.07) is 6.25. The molecule has 0 radical (unpaired) electrons. The molecule has 0 unspecified atom stereocenters. The molecule has 0 amide bonds. The largest absolute Gasteiger partial charge is 0.493 e. The number of benzene rings is 2. The van der Waals surface area contributed by atoms with Crippen LogP contribution in [0.5, 0.6) is 34.5 Å². The lowest BCUT2D eigenvalue weighted by atomic mass is 10.1. The Bertz CT molecular complexity index is 1050. The number of Topliss-reactive ketones (excluding diaryl/α,β-unsaturated/α-hetero) is 2. The molecular weight excluding hydrogens is 420 g/mol. The minimum absolute atomic E-state index is 0.0506. The van der Waals surface area contributed by atoms with E-state index in [0.717, 1.165) is 0 Å². The third-order valence-electron chi connectivity index (χ3n) is 4.48. The van der Waals surface area contributed by atoms with E-state index in [4.69, 9.17) is 33.2 Å². The van der Waals surface area contributed by atoms with Crippen molar-refractivity contribution >= 4 is 11.6 Å². The van der Waals surface area contributed by atoms with E-state index >= 15 is 0 Å². The van der Waals surface area contributed by atoms with Crippen molar-refractivity contribution in [2.45, 2.75) is 0 Å². The number of ether oxygens (including phenoxy) is 7. The summed E-state index contributed by atoms with van der Waals surface area (Å²) in [5.74, 6) is 6.66. The maximum Gasteiger partial charge on any atom is 0.231 e. The van der Waals surface area contributed by atoms with E-state index in [1.54, 1.807) is 12.1 Å². The maximum absolute atomic E-state index is 12.5. The highest BCUT2D eigenvalue weighted by molar-refractivity contribution is 6.44. The van der Waals surface area contributed by atoms with Gasteiger partial charge in [-0.3, -0.25) is 9.59 Å². The Kier molecular flexibility index (Phi) is 7.41. The lowest BCUT2D eigenvalue weighted by Crippen LogP contribution is -2.20. The number of rotatable bonds is 9. The molecule has 1 aliphatic heterocycles. The Labute approximate surface area is 185 Å². The average Bonchev–Trinajstić information content (AvgIpc) is 3.30. The van der Waals surface area contributed by atoms with Gasteiger partial charge in [0.1, 0.15) is 13.2 Å². The van der Waals surface area contributed by atoms with Crippen LogP contribution in [0.1, 0.15) is 15.9 Å². The molecule has 3 rings (SSSR count). The third kappa shape index (κ3) is 4.87. The van der Waals surface area contributed by atoms with E-state index in [-0.39, 0.29) is 30.5 Å². The maximum atomic E-state index is 12.5. The number of methoxy groups -OCH3 is 4. The Morgan fingerprint density at radius 3 is 2.22 bits per heavy atom. The molecule has 0 aliphatic carbocycles. The molecule has 1 heterocycles. The standard InChI is InChI=1S/C23H22O9/c1-26-17-8-14(9-20-23(17)32-13-31-20)6-5-7-30-12-16(24)21(25)15-10-18(27-2)22(29-4)19(11-15)28-3/h8-11H,7,12-13H2,1-4H3. The smallest absolute Gasteiger partial charge is 0.231 e. The van der Waals surface area contributed by atoms with Gasteiger partial charge in [-0.05, 0) is 18.2 Å². The predicted octanol–water partition coefficient (Wildman–Crippen LogP) is 2.27. The van der Waals surface area contributed by atoms with Crippen molar-refractivity contribution in [3.05, 3.63) is 35.4 Å². The number of ketones is 2. The first-order valence-electron chi connectivity index (χ1n) is 9.44. The summed E-state index contributed by atoms with van der Waals surface area (Å²) >= 11 is 0. The van der Waals surface area contributed by atoms with Crippen LogP contribution in [-0.4, -0.2) is 60.0 Å². The van der Waals surface area contributed by atoms with Crippen LogP contribution < -0.4 is 28.4 Å². The van der Waals surface area contributed by atoms with Crippen LogP contribution in [0, 0.1) is 11.8 Å². The summed E-state index contributed by atoms with van der Waals surface area (Å²) < 4.78 is 36.8. The molecule has 0 atom stereocenters. The van der Waals surface area contributed by atoms with E-state index in [2.05, 4.69) is 11.8 Å². The molecule has 0 fully saturated rings. The highest BCUT2D eigenvalue weighted by Gasteiger charge is 2.22. The Balaban J connectivity index is 1.60. The molecule has 9 nitrogen and oxygen atoms in total. The molecule has 0 bridgehead atoms. The van der Waals surface area contributed by atoms with Crippen molar-refractivity contribution in [2.24, 2.45) is 0 Å². The van der Waals surface area contributed by atoms with Crippen molar-refractivity contribution in [2.75, 3.05) is 48.4 Å². The van der Waals surface area contributed by atoms with Gasteiger partial charge in [0.15, 0.2) is 23.0 Å². The SMILES string of the molecule is COc1cc(C(=O)C(=O)COCC#Cc2cc(OC)c3c(c2)OCO3)cc(OC)c1OC. The average molecular weight is 442 g/mol. The van der Waals surface area contributed by atoms with Gasteiger partial charge >= 0.3 is 0 Å². The number of carbonyl (C=O) groups is 2. The lowest BCUT2D eigenvalue weighted by molar-refractivity contribution is -0.118. The fraction of sp³-hybridized carbons (Fsp3) is 0.304. The quantitative estimate of drug-likeness (QED) is 0.251. The van der Waals surface area contributed by atoms with Gasteiger partial charge in [-0.25, -0.2) is 0 Å². The fourth-order valence-electron chi connectivity index (χ4n) is 2.97. The minimum Gasteiger partial charge on any atom is -0.493 e. The monoisotopic (exact) mass is 442 g/mol. The molecule has 32 heavy (non-hydrogen) atoms. The molecule has 0 N–H and O–H groups in total. The molecule has 0 spiro atoms. The minimum atomic E-state index is -0.738.